The molecule has 1 rings (SSSR count). The highest BCUT2D eigenvalue weighted by molar-refractivity contribution is 5.85. The van der Waals surface area contributed by atoms with Crippen molar-refractivity contribution < 1.29 is 9.53 Å². The Balaban J connectivity index is 0. The number of nitrogens with zero attached hydrogens (tertiary/aromatic N) is 1. The molecule has 2 atom stereocenters. The fraction of sp³-hybridized carbons (Fsp3) is 0.929. The van der Waals surface area contributed by atoms with E-state index in [0.717, 1.165) is 25.6 Å². The molecule has 0 radical (unpaired) electrons. The van der Waals surface area contributed by atoms with Gasteiger partial charge in [0.15, 0.2) is 0 Å². The molecule has 0 aromatic rings. The van der Waals surface area contributed by atoms with Gasteiger partial charge in [0, 0.05) is 32.8 Å². The fourth-order valence-electron chi connectivity index (χ4n) is 2.59. The zero-order valence-corrected chi connectivity index (χ0v) is 15.0. The van der Waals surface area contributed by atoms with E-state index in [1.165, 1.54) is 12.8 Å². The number of hydrogen-bond donors (Lipinski definition) is 2. The maximum Gasteiger partial charge on any atom is 0.234 e. The maximum atomic E-state index is 11.7. The van der Waals surface area contributed by atoms with Gasteiger partial charge in [0.2, 0.25) is 5.91 Å². The summed E-state index contributed by atoms with van der Waals surface area (Å²) in [7, 11) is 1.66. The van der Waals surface area contributed by atoms with Crippen LogP contribution in [-0.2, 0) is 9.53 Å². The molecule has 0 aliphatic carbocycles. The molecular weight excluding hydrogens is 313 g/mol. The van der Waals surface area contributed by atoms with Crippen LogP contribution in [0.4, 0.5) is 0 Å². The van der Waals surface area contributed by atoms with Crippen LogP contribution >= 0.6 is 24.8 Å². The number of piperidine rings is 1. The van der Waals surface area contributed by atoms with Gasteiger partial charge in [-0.2, -0.15) is 0 Å². The maximum absolute atomic E-state index is 11.7. The molecule has 7 heteroatoms. The van der Waals surface area contributed by atoms with E-state index in [9.17, 15) is 4.79 Å². The molecule has 1 saturated heterocycles. The third-order valence-electron chi connectivity index (χ3n) is 3.45. The van der Waals surface area contributed by atoms with Crippen molar-refractivity contribution in [3.8, 4) is 0 Å². The summed E-state index contributed by atoms with van der Waals surface area (Å²) >= 11 is 0. The van der Waals surface area contributed by atoms with Gasteiger partial charge in [0.1, 0.15) is 0 Å². The molecule has 128 valence electrons. The number of nitrogens with one attached hydrogen (secondary N) is 2. The van der Waals surface area contributed by atoms with Crippen LogP contribution in [0.5, 0.6) is 0 Å². The van der Waals surface area contributed by atoms with Crippen molar-refractivity contribution in [2.45, 2.75) is 32.7 Å². The summed E-state index contributed by atoms with van der Waals surface area (Å²) in [5, 5.41) is 6.09. The zero-order chi connectivity index (χ0) is 14.1. The predicted octanol–water partition coefficient (Wildman–Crippen LogP) is 1.30. The second-order valence-corrected chi connectivity index (χ2v) is 5.65. The first-order chi connectivity index (χ1) is 9.11. The summed E-state index contributed by atoms with van der Waals surface area (Å²) in [5.41, 5.74) is 0. The smallest absolute Gasteiger partial charge is 0.234 e. The molecule has 1 fully saturated rings. The lowest BCUT2D eigenvalue weighted by molar-refractivity contribution is -0.121. The second-order valence-electron chi connectivity index (χ2n) is 5.65. The first-order valence-corrected chi connectivity index (χ1v) is 7.33. The number of carbonyl (C=O) groups is 1. The van der Waals surface area contributed by atoms with Crippen molar-refractivity contribution in [1.29, 1.82) is 0 Å². The van der Waals surface area contributed by atoms with Crippen molar-refractivity contribution in [1.82, 2.24) is 15.5 Å². The molecule has 1 aliphatic rings. The molecule has 21 heavy (non-hydrogen) atoms. The normalized spacial score (nSPS) is 20.0. The van der Waals surface area contributed by atoms with Crippen LogP contribution in [-0.4, -0.2) is 63.3 Å². The summed E-state index contributed by atoms with van der Waals surface area (Å²) < 4.78 is 4.91. The summed E-state index contributed by atoms with van der Waals surface area (Å²) in [4.78, 5) is 14.1. The van der Waals surface area contributed by atoms with Crippen molar-refractivity contribution >= 4 is 30.7 Å². The lowest BCUT2D eigenvalue weighted by atomic mass is 10.00. The van der Waals surface area contributed by atoms with Crippen molar-refractivity contribution in [2.24, 2.45) is 5.92 Å². The number of likely N-dealkylation sites (tertiary alicyclic amines) is 1. The Morgan fingerprint density at radius 3 is 2.76 bits per heavy atom. The first-order valence-electron chi connectivity index (χ1n) is 7.33. The highest BCUT2D eigenvalue weighted by Crippen LogP contribution is 2.15. The number of rotatable bonds is 8. The minimum Gasteiger partial charge on any atom is -0.383 e. The Kier molecular flexibility index (Phi) is 15.0. The van der Waals surface area contributed by atoms with Crippen molar-refractivity contribution in [3.05, 3.63) is 0 Å². The SMILES string of the molecule is COCCNCC(=O)NC(C)CN1CCCC(C)C1.Cl.Cl. The average molecular weight is 344 g/mol. The quantitative estimate of drug-likeness (QED) is 0.652. The summed E-state index contributed by atoms with van der Waals surface area (Å²) in [6, 6.07) is 0.210. The van der Waals surface area contributed by atoms with Crippen molar-refractivity contribution in [2.75, 3.05) is 46.4 Å². The number of methoxy groups -OCH3 is 1. The van der Waals surface area contributed by atoms with Crippen LogP contribution in [0.15, 0.2) is 0 Å². The van der Waals surface area contributed by atoms with E-state index in [-0.39, 0.29) is 36.8 Å². The lowest BCUT2D eigenvalue weighted by Crippen LogP contribution is -2.47. The first kappa shape index (κ1) is 23.2. The molecule has 1 amide bonds. The van der Waals surface area contributed by atoms with Gasteiger partial charge >= 0.3 is 0 Å². The van der Waals surface area contributed by atoms with E-state index in [4.69, 9.17) is 4.74 Å². The predicted molar refractivity (Wildman–Crippen MR) is 91.7 cm³/mol. The number of halogens is 2. The molecule has 0 aromatic heterocycles. The molecular formula is C14H31Cl2N3O2. The molecule has 0 aromatic carbocycles. The topological polar surface area (TPSA) is 53.6 Å². The van der Waals surface area contributed by atoms with Crippen LogP contribution < -0.4 is 10.6 Å². The summed E-state index contributed by atoms with van der Waals surface area (Å²) in [5.74, 6) is 0.848. The third-order valence-corrected chi connectivity index (χ3v) is 3.45. The van der Waals surface area contributed by atoms with Crippen LogP contribution in [0.1, 0.15) is 26.7 Å². The summed E-state index contributed by atoms with van der Waals surface area (Å²) in [6.45, 7) is 9.36. The second kappa shape index (κ2) is 13.6. The molecule has 5 nitrogen and oxygen atoms in total. The Morgan fingerprint density at radius 2 is 2.14 bits per heavy atom. The van der Waals surface area contributed by atoms with E-state index in [0.29, 0.717) is 19.7 Å². The van der Waals surface area contributed by atoms with Gasteiger partial charge in [0.25, 0.3) is 0 Å². The highest BCUT2D eigenvalue weighted by atomic mass is 35.5. The molecule has 2 unspecified atom stereocenters. The fourth-order valence-corrected chi connectivity index (χ4v) is 2.59. The van der Waals surface area contributed by atoms with Gasteiger partial charge in [-0.05, 0) is 32.2 Å². The standard InChI is InChI=1S/C14H29N3O2.2ClH/c1-12-5-4-7-17(10-12)11-13(2)16-14(18)9-15-6-8-19-3;;/h12-13,15H,4-11H2,1-3H3,(H,16,18);2*1H. The minimum atomic E-state index is 0. The van der Waals surface area contributed by atoms with E-state index < -0.39 is 0 Å². The lowest BCUT2D eigenvalue weighted by Gasteiger charge is -2.32. The Labute approximate surface area is 141 Å². The summed E-state index contributed by atoms with van der Waals surface area (Å²) in [6.07, 6.45) is 2.61. The molecule has 1 aliphatic heterocycles. The monoisotopic (exact) mass is 343 g/mol. The number of amides is 1. The van der Waals surface area contributed by atoms with Gasteiger partial charge in [-0.25, -0.2) is 0 Å². The highest BCUT2D eigenvalue weighted by Gasteiger charge is 2.18. The van der Waals surface area contributed by atoms with Gasteiger partial charge in [-0.15, -0.1) is 24.8 Å². The van der Waals surface area contributed by atoms with E-state index in [1.807, 2.05) is 0 Å². The third kappa shape index (κ3) is 11.2. The van der Waals surface area contributed by atoms with Crippen LogP contribution in [0.25, 0.3) is 0 Å². The van der Waals surface area contributed by atoms with Gasteiger partial charge in [-0.3, -0.25) is 4.79 Å². The minimum absolute atomic E-state index is 0. The number of ether oxygens (including phenoxy) is 1. The molecule has 0 spiro atoms. The van der Waals surface area contributed by atoms with E-state index in [2.05, 4.69) is 29.4 Å². The average Bonchev–Trinajstić information content (AvgIpc) is 2.34. The molecule has 2 N–H and O–H groups in total. The number of hydrogen-bond acceptors (Lipinski definition) is 4. The van der Waals surface area contributed by atoms with Gasteiger partial charge in [-0.1, -0.05) is 6.92 Å². The Bertz CT molecular complexity index is 271. The van der Waals surface area contributed by atoms with Gasteiger partial charge in [0.05, 0.1) is 13.2 Å². The molecule has 1 heterocycles. The zero-order valence-electron chi connectivity index (χ0n) is 13.4. The molecule has 0 saturated carbocycles. The Morgan fingerprint density at radius 1 is 1.43 bits per heavy atom. The van der Waals surface area contributed by atoms with Crippen molar-refractivity contribution in [3.63, 3.8) is 0 Å². The van der Waals surface area contributed by atoms with Crippen LogP contribution in [0.3, 0.4) is 0 Å². The van der Waals surface area contributed by atoms with E-state index >= 15 is 0 Å². The van der Waals surface area contributed by atoms with E-state index in [1.54, 1.807) is 7.11 Å². The molecule has 0 bridgehead atoms. The van der Waals surface area contributed by atoms with Crippen LogP contribution in [0.2, 0.25) is 0 Å². The largest absolute Gasteiger partial charge is 0.383 e. The number of carbonyl (C=O) groups excluding carboxylic acids is 1. The van der Waals surface area contributed by atoms with Gasteiger partial charge < -0.3 is 20.3 Å². The van der Waals surface area contributed by atoms with Crippen LogP contribution in [0, 0.1) is 5.92 Å². The Hall–Kier alpha value is -0.0700.